The summed E-state index contributed by atoms with van der Waals surface area (Å²) in [7, 11) is 0. The number of nitrogens with zero attached hydrogens (tertiary/aromatic N) is 2. The van der Waals surface area contributed by atoms with Crippen molar-refractivity contribution in [3.63, 3.8) is 0 Å². The van der Waals surface area contributed by atoms with E-state index in [9.17, 15) is 15.0 Å². The standard InChI is InChI=1S/C33H44N2O4/c36-27-30-24-29(18-19-32(30)37)33(38)26-35(25-28-14-6-5-7-15-28)21-11-2-4-13-23-39-22-12-3-1-8-16-31-17-9-10-20-34-31/h5-7,9-10,14-15,17-20,24,36-37H,1-4,8,11-13,16,21-23,25-27H2. The van der Waals surface area contributed by atoms with Crippen LogP contribution in [-0.4, -0.2) is 52.2 Å². The number of phenols is 1. The third kappa shape index (κ3) is 12.1. The molecule has 1 aromatic heterocycles. The first-order valence-electron chi connectivity index (χ1n) is 14.4. The van der Waals surface area contributed by atoms with E-state index in [1.54, 1.807) is 12.1 Å². The van der Waals surface area contributed by atoms with Crippen molar-refractivity contribution in [1.82, 2.24) is 9.88 Å². The van der Waals surface area contributed by atoms with Gasteiger partial charge in [-0.3, -0.25) is 14.7 Å². The van der Waals surface area contributed by atoms with Crippen molar-refractivity contribution in [3.05, 3.63) is 95.3 Å². The molecule has 0 radical (unpaired) electrons. The first-order valence-corrected chi connectivity index (χ1v) is 14.4. The molecular weight excluding hydrogens is 488 g/mol. The van der Waals surface area contributed by atoms with Crippen LogP contribution >= 0.6 is 0 Å². The number of Topliss-reactive ketones (excluding diaryl/α,β-unsaturated/α-hetero) is 1. The molecule has 0 fully saturated rings. The quantitative estimate of drug-likeness (QED) is 0.130. The topological polar surface area (TPSA) is 82.9 Å². The van der Waals surface area contributed by atoms with Gasteiger partial charge < -0.3 is 14.9 Å². The van der Waals surface area contributed by atoms with Crippen LogP contribution in [0.2, 0.25) is 0 Å². The summed E-state index contributed by atoms with van der Waals surface area (Å²) in [5, 5.41) is 19.2. The number of rotatable bonds is 20. The number of aliphatic hydroxyl groups is 1. The van der Waals surface area contributed by atoms with Crippen LogP contribution in [0, 0.1) is 0 Å². The van der Waals surface area contributed by atoms with Crippen LogP contribution in [0.1, 0.15) is 78.5 Å². The number of ether oxygens (including phenoxy) is 1. The second-order valence-corrected chi connectivity index (χ2v) is 10.1. The number of hydrogen-bond donors (Lipinski definition) is 2. The highest BCUT2D eigenvalue weighted by molar-refractivity contribution is 5.98. The molecule has 0 aliphatic heterocycles. The second-order valence-electron chi connectivity index (χ2n) is 10.1. The molecule has 0 aliphatic carbocycles. The molecule has 210 valence electrons. The number of unbranched alkanes of at least 4 members (excludes halogenated alkanes) is 6. The fourth-order valence-electron chi connectivity index (χ4n) is 4.64. The van der Waals surface area contributed by atoms with Gasteiger partial charge in [0.2, 0.25) is 0 Å². The Balaban J connectivity index is 1.28. The SMILES string of the molecule is O=C(CN(CCCCCCOCCCCCCc1ccccn1)Cc1ccccc1)c1ccc(O)c(CO)c1. The molecule has 3 rings (SSSR count). The Kier molecular flexibility index (Phi) is 14.3. The van der Waals surface area contributed by atoms with Gasteiger partial charge in [-0.1, -0.05) is 62.1 Å². The third-order valence-electron chi connectivity index (χ3n) is 6.90. The molecule has 6 heteroatoms. The van der Waals surface area contributed by atoms with Crippen LogP contribution in [0.5, 0.6) is 5.75 Å². The number of aromatic hydroxyl groups is 1. The van der Waals surface area contributed by atoms with E-state index in [0.717, 1.165) is 58.3 Å². The van der Waals surface area contributed by atoms with E-state index in [0.29, 0.717) is 24.2 Å². The monoisotopic (exact) mass is 532 g/mol. The van der Waals surface area contributed by atoms with Gasteiger partial charge in [-0.2, -0.15) is 0 Å². The Morgan fingerprint density at radius 1 is 0.821 bits per heavy atom. The summed E-state index contributed by atoms with van der Waals surface area (Å²) in [6, 6.07) is 21.0. The summed E-state index contributed by atoms with van der Waals surface area (Å²) in [6.45, 7) is 3.21. The third-order valence-corrected chi connectivity index (χ3v) is 6.90. The Bertz CT molecular complexity index is 1080. The number of ketones is 1. The highest BCUT2D eigenvalue weighted by Gasteiger charge is 2.15. The maximum absolute atomic E-state index is 13.0. The van der Waals surface area contributed by atoms with Crippen molar-refractivity contribution in [1.29, 1.82) is 0 Å². The summed E-state index contributed by atoms with van der Waals surface area (Å²) in [5.41, 5.74) is 3.24. The van der Waals surface area contributed by atoms with E-state index in [-0.39, 0.29) is 18.1 Å². The Morgan fingerprint density at radius 2 is 1.54 bits per heavy atom. The maximum Gasteiger partial charge on any atom is 0.176 e. The molecule has 0 aliphatic rings. The molecule has 0 amide bonds. The number of hydrogen-bond acceptors (Lipinski definition) is 6. The van der Waals surface area contributed by atoms with Crippen molar-refractivity contribution in [3.8, 4) is 5.75 Å². The van der Waals surface area contributed by atoms with Gasteiger partial charge in [-0.25, -0.2) is 0 Å². The van der Waals surface area contributed by atoms with Gasteiger partial charge in [0.15, 0.2) is 5.78 Å². The van der Waals surface area contributed by atoms with E-state index in [1.807, 2.05) is 36.5 Å². The predicted molar refractivity (Wildman–Crippen MR) is 156 cm³/mol. The molecule has 2 N–H and O–H groups in total. The van der Waals surface area contributed by atoms with Gasteiger partial charge in [-0.15, -0.1) is 0 Å². The zero-order chi connectivity index (χ0) is 27.5. The highest BCUT2D eigenvalue weighted by atomic mass is 16.5. The van der Waals surface area contributed by atoms with Crippen molar-refractivity contribution < 1.29 is 19.7 Å². The second kappa shape index (κ2) is 18.3. The van der Waals surface area contributed by atoms with E-state index < -0.39 is 0 Å². The van der Waals surface area contributed by atoms with Crippen LogP contribution in [0.4, 0.5) is 0 Å². The molecule has 0 atom stereocenters. The lowest BCUT2D eigenvalue weighted by atomic mass is 10.1. The smallest absolute Gasteiger partial charge is 0.176 e. The normalized spacial score (nSPS) is 11.2. The van der Waals surface area contributed by atoms with Gasteiger partial charge >= 0.3 is 0 Å². The van der Waals surface area contributed by atoms with Crippen LogP contribution in [0.25, 0.3) is 0 Å². The molecule has 2 aromatic carbocycles. The van der Waals surface area contributed by atoms with E-state index in [1.165, 1.54) is 36.6 Å². The molecule has 3 aromatic rings. The molecule has 0 saturated heterocycles. The lowest BCUT2D eigenvalue weighted by Crippen LogP contribution is -2.30. The van der Waals surface area contributed by atoms with Crippen LogP contribution in [0.3, 0.4) is 0 Å². The molecule has 0 unspecified atom stereocenters. The molecule has 6 nitrogen and oxygen atoms in total. The Hall–Kier alpha value is -3.06. The minimum Gasteiger partial charge on any atom is -0.508 e. The Labute approximate surface area is 233 Å². The summed E-state index contributed by atoms with van der Waals surface area (Å²) >= 11 is 0. The zero-order valence-corrected chi connectivity index (χ0v) is 23.1. The number of carbonyl (C=O) groups is 1. The van der Waals surface area contributed by atoms with Crippen LogP contribution in [0.15, 0.2) is 72.9 Å². The minimum atomic E-state index is -0.295. The molecule has 0 bridgehead atoms. The van der Waals surface area contributed by atoms with Crippen molar-refractivity contribution in [2.45, 2.75) is 70.9 Å². The molecule has 0 spiro atoms. The van der Waals surface area contributed by atoms with Gasteiger partial charge in [0.1, 0.15) is 5.75 Å². The van der Waals surface area contributed by atoms with Gasteiger partial charge in [0, 0.05) is 42.8 Å². The van der Waals surface area contributed by atoms with Crippen molar-refractivity contribution in [2.24, 2.45) is 0 Å². The lowest BCUT2D eigenvalue weighted by molar-refractivity contribution is 0.0923. The molecule has 39 heavy (non-hydrogen) atoms. The number of aliphatic hydroxyl groups excluding tert-OH is 1. The summed E-state index contributed by atoms with van der Waals surface area (Å²) in [6.07, 6.45) is 11.9. The fourth-order valence-corrected chi connectivity index (χ4v) is 4.64. The minimum absolute atomic E-state index is 0.00855. The average Bonchev–Trinajstić information content (AvgIpc) is 2.96. The largest absolute Gasteiger partial charge is 0.508 e. The number of aromatic nitrogens is 1. The number of aryl methyl sites for hydroxylation is 1. The van der Waals surface area contributed by atoms with Crippen LogP contribution in [-0.2, 0) is 24.3 Å². The van der Waals surface area contributed by atoms with Gasteiger partial charge in [0.05, 0.1) is 13.2 Å². The zero-order valence-electron chi connectivity index (χ0n) is 23.1. The van der Waals surface area contributed by atoms with Crippen molar-refractivity contribution >= 4 is 5.78 Å². The van der Waals surface area contributed by atoms with E-state index in [2.05, 4.69) is 28.1 Å². The van der Waals surface area contributed by atoms with E-state index >= 15 is 0 Å². The average molecular weight is 533 g/mol. The molecule has 0 saturated carbocycles. The first kappa shape index (κ1) is 30.5. The van der Waals surface area contributed by atoms with Gasteiger partial charge in [0.25, 0.3) is 0 Å². The molecule has 1 heterocycles. The lowest BCUT2D eigenvalue weighted by Gasteiger charge is -2.22. The number of carbonyl (C=O) groups excluding carboxylic acids is 1. The fraction of sp³-hybridized carbons (Fsp3) is 0.455. The van der Waals surface area contributed by atoms with E-state index in [4.69, 9.17) is 4.74 Å². The number of benzene rings is 2. The maximum atomic E-state index is 13.0. The predicted octanol–water partition coefficient (Wildman–Crippen LogP) is 6.34. The molecular formula is C33H44N2O4. The first-order chi connectivity index (χ1) is 19.2. The summed E-state index contributed by atoms with van der Waals surface area (Å²) in [5.74, 6) is 0.00143. The Morgan fingerprint density at radius 3 is 2.26 bits per heavy atom. The summed E-state index contributed by atoms with van der Waals surface area (Å²) in [4.78, 5) is 19.5. The van der Waals surface area contributed by atoms with Crippen molar-refractivity contribution in [2.75, 3.05) is 26.3 Å². The number of pyridine rings is 1. The van der Waals surface area contributed by atoms with Crippen LogP contribution < -0.4 is 0 Å². The summed E-state index contributed by atoms with van der Waals surface area (Å²) < 4.78 is 5.83. The van der Waals surface area contributed by atoms with Gasteiger partial charge in [-0.05, 0) is 74.5 Å². The highest BCUT2D eigenvalue weighted by Crippen LogP contribution is 2.19.